The number of rotatable bonds is 2. The van der Waals surface area contributed by atoms with Crippen LogP contribution in [0.2, 0.25) is 5.02 Å². The maximum absolute atomic E-state index is 11.4. The Hall–Kier alpha value is -2.57. The summed E-state index contributed by atoms with van der Waals surface area (Å²) in [6, 6.07) is 13.0. The number of nitrogens with one attached hydrogen (secondary N) is 1. The first kappa shape index (κ1) is 17.8. The van der Waals surface area contributed by atoms with Gasteiger partial charge >= 0.3 is 5.97 Å². The molecule has 2 N–H and O–H groups in total. The quantitative estimate of drug-likeness (QED) is 0.827. The van der Waals surface area contributed by atoms with Crippen LogP contribution in [0, 0.1) is 5.92 Å². The Morgan fingerprint density at radius 2 is 2.15 bits per heavy atom. The van der Waals surface area contributed by atoms with Crippen LogP contribution in [0.25, 0.3) is 0 Å². The fourth-order valence-electron chi connectivity index (χ4n) is 3.42. The van der Waals surface area contributed by atoms with Gasteiger partial charge in [-0.1, -0.05) is 30.7 Å². The average Bonchev–Trinajstić information content (AvgIpc) is 2.84. The molecule has 140 valence electrons. The van der Waals surface area contributed by atoms with E-state index in [2.05, 4.69) is 10.2 Å². The van der Waals surface area contributed by atoms with Crippen LogP contribution in [0.3, 0.4) is 0 Å². The SMILES string of the molecule is CC(C(=O)O)[C@H]1CN(C2=Nc3cc(Cl)ccc3Oc3ccccc32)CCN1. The number of piperazine rings is 1. The van der Waals surface area contributed by atoms with Crippen molar-refractivity contribution in [2.45, 2.75) is 13.0 Å². The minimum atomic E-state index is -0.807. The topological polar surface area (TPSA) is 74.2 Å². The minimum absolute atomic E-state index is 0.158. The number of benzene rings is 2. The van der Waals surface area contributed by atoms with E-state index in [0.717, 1.165) is 23.7 Å². The average molecular weight is 386 g/mol. The van der Waals surface area contributed by atoms with E-state index in [1.54, 1.807) is 19.1 Å². The summed E-state index contributed by atoms with van der Waals surface area (Å²) in [5.74, 6) is 0.840. The number of hydrogen-bond acceptors (Lipinski definition) is 5. The lowest BCUT2D eigenvalue weighted by Crippen LogP contribution is -2.56. The van der Waals surface area contributed by atoms with E-state index in [1.165, 1.54) is 0 Å². The smallest absolute Gasteiger partial charge is 0.307 e. The maximum atomic E-state index is 11.4. The summed E-state index contributed by atoms with van der Waals surface area (Å²) in [6.07, 6.45) is 0. The molecule has 2 atom stereocenters. The van der Waals surface area contributed by atoms with Crippen LogP contribution in [-0.2, 0) is 4.79 Å². The molecule has 2 aromatic rings. The third-order valence-corrected chi connectivity index (χ3v) is 5.23. The van der Waals surface area contributed by atoms with E-state index in [1.807, 2.05) is 30.3 Å². The first-order chi connectivity index (χ1) is 13.0. The lowest BCUT2D eigenvalue weighted by molar-refractivity contribution is -0.142. The van der Waals surface area contributed by atoms with E-state index in [9.17, 15) is 9.90 Å². The van der Waals surface area contributed by atoms with E-state index < -0.39 is 11.9 Å². The van der Waals surface area contributed by atoms with Gasteiger partial charge in [0, 0.05) is 30.7 Å². The second kappa shape index (κ2) is 7.21. The normalized spacial score (nSPS) is 19.9. The van der Waals surface area contributed by atoms with Gasteiger partial charge in [-0.25, -0.2) is 4.99 Å². The van der Waals surface area contributed by atoms with E-state index in [-0.39, 0.29) is 6.04 Å². The molecule has 0 aliphatic carbocycles. The summed E-state index contributed by atoms with van der Waals surface area (Å²) in [5, 5.41) is 13.3. The molecule has 0 saturated carbocycles. The number of aliphatic imine (C=N–C) groups is 1. The van der Waals surface area contributed by atoms with Crippen molar-refractivity contribution in [3.8, 4) is 11.5 Å². The van der Waals surface area contributed by atoms with Crippen LogP contribution in [0.4, 0.5) is 5.69 Å². The first-order valence-corrected chi connectivity index (χ1v) is 9.27. The van der Waals surface area contributed by atoms with Gasteiger partial charge in [-0.3, -0.25) is 4.79 Å². The van der Waals surface area contributed by atoms with Crippen LogP contribution in [-0.4, -0.2) is 47.5 Å². The number of carboxylic acids is 1. The molecule has 27 heavy (non-hydrogen) atoms. The van der Waals surface area contributed by atoms with Gasteiger partial charge in [-0.15, -0.1) is 0 Å². The zero-order valence-electron chi connectivity index (χ0n) is 14.9. The van der Waals surface area contributed by atoms with Crippen LogP contribution >= 0.6 is 11.6 Å². The molecule has 0 spiro atoms. The molecular weight excluding hydrogens is 366 g/mol. The number of amidine groups is 1. The standard InChI is InChI=1S/C20H20ClN3O3/c1-12(20(25)26)16-11-24(9-8-22-16)19-14-4-2-3-5-17(14)27-18-7-6-13(21)10-15(18)23-19/h2-7,10,12,16,22H,8-9,11H2,1H3,(H,25,26)/t12?,16-/m1/s1. The summed E-state index contributed by atoms with van der Waals surface area (Å²) in [6.45, 7) is 3.69. The van der Waals surface area contributed by atoms with Crippen LogP contribution in [0.5, 0.6) is 11.5 Å². The van der Waals surface area contributed by atoms with Crippen molar-refractivity contribution in [1.82, 2.24) is 10.2 Å². The van der Waals surface area contributed by atoms with E-state index in [0.29, 0.717) is 29.5 Å². The van der Waals surface area contributed by atoms with Crippen molar-refractivity contribution < 1.29 is 14.6 Å². The Labute approximate surface area is 162 Å². The van der Waals surface area contributed by atoms with Crippen LogP contribution < -0.4 is 10.1 Å². The van der Waals surface area contributed by atoms with Gasteiger partial charge in [0.05, 0.1) is 11.5 Å². The number of carbonyl (C=O) groups is 1. The molecule has 1 saturated heterocycles. The van der Waals surface area contributed by atoms with Crippen molar-refractivity contribution in [2.24, 2.45) is 10.9 Å². The molecule has 2 heterocycles. The lowest BCUT2D eigenvalue weighted by Gasteiger charge is -2.37. The van der Waals surface area contributed by atoms with Crippen molar-refractivity contribution in [3.63, 3.8) is 0 Å². The Kier molecular flexibility index (Phi) is 4.76. The molecule has 0 bridgehead atoms. The Balaban J connectivity index is 1.76. The first-order valence-electron chi connectivity index (χ1n) is 8.89. The summed E-state index contributed by atoms with van der Waals surface area (Å²) < 4.78 is 6.08. The fourth-order valence-corrected chi connectivity index (χ4v) is 3.58. The van der Waals surface area contributed by atoms with E-state index in [4.69, 9.17) is 21.3 Å². The van der Waals surface area contributed by atoms with Crippen molar-refractivity contribution in [1.29, 1.82) is 0 Å². The number of para-hydroxylation sites is 1. The number of fused-ring (bicyclic) bond motifs is 2. The molecule has 4 rings (SSSR count). The highest BCUT2D eigenvalue weighted by Crippen LogP contribution is 2.39. The molecule has 0 aromatic heterocycles. The summed E-state index contributed by atoms with van der Waals surface area (Å²) in [5.41, 5.74) is 1.54. The Morgan fingerprint density at radius 3 is 2.96 bits per heavy atom. The molecule has 7 heteroatoms. The Morgan fingerprint density at radius 1 is 1.33 bits per heavy atom. The third kappa shape index (κ3) is 3.50. The number of halogens is 1. The second-order valence-electron chi connectivity index (χ2n) is 6.78. The zero-order valence-corrected chi connectivity index (χ0v) is 15.6. The maximum Gasteiger partial charge on any atom is 0.307 e. The number of carboxylic acid groups (broad SMARTS) is 1. The minimum Gasteiger partial charge on any atom is -0.481 e. The molecule has 0 amide bonds. The molecule has 1 unspecified atom stereocenters. The van der Waals surface area contributed by atoms with Crippen LogP contribution in [0.1, 0.15) is 12.5 Å². The van der Waals surface area contributed by atoms with Gasteiger partial charge in [0.1, 0.15) is 17.3 Å². The summed E-state index contributed by atoms with van der Waals surface area (Å²) >= 11 is 6.16. The van der Waals surface area contributed by atoms with Gasteiger partial charge in [0.25, 0.3) is 0 Å². The van der Waals surface area contributed by atoms with Crippen LogP contribution in [0.15, 0.2) is 47.5 Å². The molecular formula is C20H20ClN3O3. The number of nitrogens with zero attached hydrogens (tertiary/aromatic N) is 2. The monoisotopic (exact) mass is 385 g/mol. The number of hydrogen-bond donors (Lipinski definition) is 2. The Bertz CT molecular complexity index is 915. The van der Waals surface area contributed by atoms with Gasteiger partial charge < -0.3 is 20.1 Å². The second-order valence-corrected chi connectivity index (χ2v) is 7.22. The highest BCUT2D eigenvalue weighted by Gasteiger charge is 2.31. The largest absolute Gasteiger partial charge is 0.481 e. The fraction of sp³-hybridized carbons (Fsp3) is 0.300. The molecule has 2 aromatic carbocycles. The molecule has 6 nitrogen and oxygen atoms in total. The molecule has 2 aliphatic rings. The lowest BCUT2D eigenvalue weighted by atomic mass is 9.99. The molecule has 1 fully saturated rings. The van der Waals surface area contributed by atoms with Gasteiger partial charge in [0.2, 0.25) is 0 Å². The van der Waals surface area contributed by atoms with Gasteiger partial charge in [0.15, 0.2) is 5.75 Å². The third-order valence-electron chi connectivity index (χ3n) is 4.99. The summed E-state index contributed by atoms with van der Waals surface area (Å²) in [4.78, 5) is 18.4. The van der Waals surface area contributed by atoms with Crippen molar-refractivity contribution in [3.05, 3.63) is 53.1 Å². The zero-order chi connectivity index (χ0) is 19.0. The molecule has 0 radical (unpaired) electrons. The highest BCUT2D eigenvalue weighted by atomic mass is 35.5. The highest BCUT2D eigenvalue weighted by molar-refractivity contribution is 6.31. The van der Waals surface area contributed by atoms with Crippen molar-refractivity contribution >= 4 is 29.1 Å². The predicted molar refractivity (Wildman–Crippen MR) is 104 cm³/mol. The number of ether oxygens (including phenoxy) is 1. The van der Waals surface area contributed by atoms with Crippen molar-refractivity contribution in [2.75, 3.05) is 19.6 Å². The van der Waals surface area contributed by atoms with Gasteiger partial charge in [-0.05, 0) is 30.3 Å². The van der Waals surface area contributed by atoms with E-state index >= 15 is 0 Å². The summed E-state index contributed by atoms with van der Waals surface area (Å²) in [7, 11) is 0. The molecule has 2 aliphatic heterocycles. The number of aliphatic carboxylic acids is 1. The van der Waals surface area contributed by atoms with Gasteiger partial charge in [-0.2, -0.15) is 0 Å². The predicted octanol–water partition coefficient (Wildman–Crippen LogP) is 3.52.